The first-order valence-electron chi connectivity index (χ1n) is 5.43. The SMILES string of the molecule is COc1cc(OC)c(NCC(C)(O)C(=O)O)cc1Cl. The zero-order valence-corrected chi connectivity index (χ0v) is 11.6. The first-order valence-corrected chi connectivity index (χ1v) is 5.80. The third-order valence-corrected chi connectivity index (χ3v) is 2.85. The van der Waals surface area contributed by atoms with Crippen molar-refractivity contribution in [1.82, 2.24) is 0 Å². The van der Waals surface area contributed by atoms with Gasteiger partial charge in [0.05, 0.1) is 31.5 Å². The average Bonchev–Trinajstić information content (AvgIpc) is 2.36. The number of nitrogens with one attached hydrogen (secondary N) is 1. The number of halogens is 1. The molecule has 0 aliphatic heterocycles. The monoisotopic (exact) mass is 289 g/mol. The molecule has 0 fully saturated rings. The van der Waals surface area contributed by atoms with Crippen LogP contribution in [0.2, 0.25) is 5.02 Å². The number of carboxylic acid groups (broad SMARTS) is 1. The largest absolute Gasteiger partial charge is 0.495 e. The molecule has 19 heavy (non-hydrogen) atoms. The summed E-state index contributed by atoms with van der Waals surface area (Å²) < 4.78 is 10.2. The molecule has 0 saturated carbocycles. The van der Waals surface area contributed by atoms with E-state index in [1.807, 2.05) is 0 Å². The van der Waals surface area contributed by atoms with E-state index in [2.05, 4.69) is 5.32 Å². The first-order chi connectivity index (χ1) is 8.81. The number of aliphatic carboxylic acids is 1. The molecule has 0 aliphatic rings. The Bertz CT molecular complexity index is 475. The molecule has 0 aliphatic carbocycles. The Kier molecular flexibility index (Phi) is 4.85. The molecule has 3 N–H and O–H groups in total. The number of aliphatic hydroxyl groups is 1. The summed E-state index contributed by atoms with van der Waals surface area (Å²) in [7, 11) is 2.94. The van der Waals surface area contributed by atoms with Crippen LogP contribution in [0.15, 0.2) is 12.1 Å². The normalized spacial score (nSPS) is 13.5. The quantitative estimate of drug-likeness (QED) is 0.737. The van der Waals surface area contributed by atoms with Crippen LogP contribution in [0.25, 0.3) is 0 Å². The van der Waals surface area contributed by atoms with Crippen LogP contribution >= 0.6 is 11.6 Å². The van der Waals surface area contributed by atoms with Crippen molar-refractivity contribution in [3.63, 3.8) is 0 Å². The minimum absolute atomic E-state index is 0.193. The molecule has 0 amide bonds. The third kappa shape index (κ3) is 3.65. The summed E-state index contributed by atoms with van der Waals surface area (Å²) in [6, 6.07) is 3.11. The van der Waals surface area contributed by atoms with Gasteiger partial charge in [-0.3, -0.25) is 0 Å². The third-order valence-electron chi connectivity index (χ3n) is 2.56. The summed E-state index contributed by atoms with van der Waals surface area (Å²) in [5.41, 5.74) is -1.42. The standard InChI is InChI=1S/C12H16ClNO5/c1-12(17,11(15)16)6-14-8-4-7(13)9(18-2)5-10(8)19-3/h4-5,14,17H,6H2,1-3H3,(H,15,16). The van der Waals surface area contributed by atoms with Crippen LogP contribution < -0.4 is 14.8 Å². The number of anilines is 1. The number of benzene rings is 1. The van der Waals surface area contributed by atoms with Gasteiger partial charge in [0.25, 0.3) is 0 Å². The molecule has 1 atom stereocenters. The van der Waals surface area contributed by atoms with Gasteiger partial charge in [-0.15, -0.1) is 0 Å². The number of hydrogen-bond acceptors (Lipinski definition) is 5. The lowest BCUT2D eigenvalue weighted by Gasteiger charge is -2.20. The van der Waals surface area contributed by atoms with E-state index in [1.165, 1.54) is 27.2 Å². The second-order valence-corrected chi connectivity index (χ2v) is 4.53. The Morgan fingerprint density at radius 3 is 2.42 bits per heavy atom. The van der Waals surface area contributed by atoms with Crippen LogP contribution in [0.3, 0.4) is 0 Å². The fourth-order valence-electron chi connectivity index (χ4n) is 1.34. The van der Waals surface area contributed by atoms with Crippen molar-refractivity contribution >= 4 is 23.3 Å². The van der Waals surface area contributed by atoms with E-state index in [4.69, 9.17) is 26.2 Å². The highest BCUT2D eigenvalue weighted by Crippen LogP contribution is 2.36. The maximum absolute atomic E-state index is 10.8. The van der Waals surface area contributed by atoms with Crippen LogP contribution in [0.5, 0.6) is 11.5 Å². The van der Waals surface area contributed by atoms with Crippen molar-refractivity contribution in [2.75, 3.05) is 26.1 Å². The van der Waals surface area contributed by atoms with Gasteiger partial charge in [0, 0.05) is 6.07 Å². The van der Waals surface area contributed by atoms with E-state index in [-0.39, 0.29) is 6.54 Å². The molecule has 7 heteroatoms. The molecule has 1 unspecified atom stereocenters. The summed E-state index contributed by atoms with van der Waals surface area (Å²) in [6.07, 6.45) is 0. The molecule has 1 aromatic carbocycles. The first kappa shape index (κ1) is 15.4. The van der Waals surface area contributed by atoms with Gasteiger partial charge in [0.15, 0.2) is 5.60 Å². The molecule has 0 aromatic heterocycles. The van der Waals surface area contributed by atoms with E-state index >= 15 is 0 Å². The molecule has 106 valence electrons. The summed E-state index contributed by atoms with van der Waals surface area (Å²) >= 11 is 5.97. The molecule has 0 spiro atoms. The molecule has 1 aromatic rings. The molecular weight excluding hydrogens is 274 g/mol. The molecule has 0 saturated heterocycles. The lowest BCUT2D eigenvalue weighted by molar-refractivity contribution is -0.155. The smallest absolute Gasteiger partial charge is 0.337 e. The Morgan fingerprint density at radius 1 is 1.37 bits per heavy atom. The van der Waals surface area contributed by atoms with Crippen LogP contribution in [0.4, 0.5) is 5.69 Å². The lowest BCUT2D eigenvalue weighted by atomic mass is 10.1. The van der Waals surface area contributed by atoms with Crippen LogP contribution in [-0.2, 0) is 4.79 Å². The molecule has 0 bridgehead atoms. The van der Waals surface area contributed by atoms with E-state index in [0.29, 0.717) is 22.2 Å². The zero-order valence-electron chi connectivity index (χ0n) is 10.9. The fraction of sp³-hybridized carbons (Fsp3) is 0.417. The Morgan fingerprint density at radius 2 is 1.95 bits per heavy atom. The maximum Gasteiger partial charge on any atom is 0.337 e. The van der Waals surface area contributed by atoms with Gasteiger partial charge in [0.2, 0.25) is 0 Å². The van der Waals surface area contributed by atoms with Gasteiger partial charge >= 0.3 is 5.97 Å². The van der Waals surface area contributed by atoms with Gasteiger partial charge in [-0.25, -0.2) is 4.79 Å². The minimum atomic E-state index is -1.89. The average molecular weight is 290 g/mol. The number of ether oxygens (including phenoxy) is 2. The Balaban J connectivity index is 2.95. The van der Waals surface area contributed by atoms with Gasteiger partial charge in [-0.1, -0.05) is 11.6 Å². The van der Waals surface area contributed by atoms with E-state index in [0.717, 1.165) is 0 Å². The van der Waals surface area contributed by atoms with Gasteiger partial charge < -0.3 is 25.0 Å². The minimum Gasteiger partial charge on any atom is -0.495 e. The number of rotatable bonds is 6. The molecule has 6 nitrogen and oxygen atoms in total. The predicted molar refractivity (Wildman–Crippen MR) is 71.3 cm³/mol. The van der Waals surface area contributed by atoms with Gasteiger partial charge in [-0.2, -0.15) is 0 Å². The van der Waals surface area contributed by atoms with Crippen molar-refractivity contribution < 1.29 is 24.5 Å². The van der Waals surface area contributed by atoms with Crippen LogP contribution in [0.1, 0.15) is 6.92 Å². The highest BCUT2D eigenvalue weighted by atomic mass is 35.5. The predicted octanol–water partition coefficient (Wildman–Crippen LogP) is 1.60. The lowest BCUT2D eigenvalue weighted by Crippen LogP contribution is -2.41. The topological polar surface area (TPSA) is 88.0 Å². The van der Waals surface area contributed by atoms with Crippen molar-refractivity contribution in [2.45, 2.75) is 12.5 Å². The maximum atomic E-state index is 10.8. The number of methoxy groups -OCH3 is 2. The van der Waals surface area contributed by atoms with Crippen molar-refractivity contribution in [3.8, 4) is 11.5 Å². The summed E-state index contributed by atoms with van der Waals surface area (Å²) in [5.74, 6) is -0.449. The second kappa shape index (κ2) is 5.99. The highest BCUT2D eigenvalue weighted by molar-refractivity contribution is 6.32. The van der Waals surface area contributed by atoms with Gasteiger partial charge in [0.1, 0.15) is 11.5 Å². The van der Waals surface area contributed by atoms with Crippen molar-refractivity contribution in [2.24, 2.45) is 0 Å². The molecular formula is C12H16ClNO5. The van der Waals surface area contributed by atoms with Crippen LogP contribution in [-0.4, -0.2) is 42.5 Å². The second-order valence-electron chi connectivity index (χ2n) is 4.12. The van der Waals surface area contributed by atoms with E-state index < -0.39 is 11.6 Å². The van der Waals surface area contributed by atoms with Crippen molar-refractivity contribution in [1.29, 1.82) is 0 Å². The fourth-order valence-corrected chi connectivity index (χ4v) is 1.58. The molecule has 0 radical (unpaired) electrons. The summed E-state index contributed by atoms with van der Waals surface area (Å²) in [6.45, 7) is 1.00. The zero-order chi connectivity index (χ0) is 14.6. The molecule has 1 rings (SSSR count). The molecule has 0 heterocycles. The van der Waals surface area contributed by atoms with Crippen molar-refractivity contribution in [3.05, 3.63) is 17.2 Å². The van der Waals surface area contributed by atoms with E-state index in [1.54, 1.807) is 6.07 Å². The Hall–Kier alpha value is -1.66. The number of carbonyl (C=O) groups is 1. The number of hydrogen-bond donors (Lipinski definition) is 3. The van der Waals surface area contributed by atoms with Gasteiger partial charge in [-0.05, 0) is 13.0 Å². The highest BCUT2D eigenvalue weighted by Gasteiger charge is 2.29. The van der Waals surface area contributed by atoms with E-state index in [9.17, 15) is 9.90 Å². The number of carboxylic acids is 1. The van der Waals surface area contributed by atoms with Crippen LogP contribution in [0, 0.1) is 0 Å². The summed E-state index contributed by atoms with van der Waals surface area (Å²) in [5, 5.41) is 21.6. The summed E-state index contributed by atoms with van der Waals surface area (Å²) in [4.78, 5) is 10.8. The Labute approximate surface area is 115 Å².